The van der Waals surface area contributed by atoms with E-state index in [-0.39, 0.29) is 5.69 Å². The Morgan fingerprint density at radius 2 is 2.36 bits per heavy atom. The molecule has 2 heterocycles. The van der Waals surface area contributed by atoms with Crippen LogP contribution in [0.15, 0.2) is 18.5 Å². The van der Waals surface area contributed by atoms with Crippen molar-refractivity contribution < 1.29 is 14.7 Å². The van der Waals surface area contributed by atoms with Crippen molar-refractivity contribution in [3.05, 3.63) is 29.7 Å². The van der Waals surface area contributed by atoms with Gasteiger partial charge in [0.05, 0.1) is 5.52 Å². The van der Waals surface area contributed by atoms with Crippen LogP contribution in [0.3, 0.4) is 0 Å². The molecule has 14 heavy (non-hydrogen) atoms. The zero-order valence-corrected chi connectivity index (χ0v) is 7.02. The molecule has 0 saturated heterocycles. The minimum Gasteiger partial charge on any atom is -0.476 e. The number of hydrogen-bond acceptors (Lipinski definition) is 3. The molecule has 0 aliphatic heterocycles. The van der Waals surface area contributed by atoms with Gasteiger partial charge in [-0.15, -0.1) is 0 Å². The number of nitrogens with zero attached hydrogens (tertiary/aromatic N) is 1. The highest BCUT2D eigenvalue weighted by Gasteiger charge is 2.12. The van der Waals surface area contributed by atoms with Gasteiger partial charge in [-0.2, -0.15) is 0 Å². The molecule has 5 nitrogen and oxygen atoms in total. The summed E-state index contributed by atoms with van der Waals surface area (Å²) in [5.74, 6) is -1.12. The molecule has 70 valence electrons. The highest BCUT2D eigenvalue weighted by atomic mass is 16.4. The van der Waals surface area contributed by atoms with Crippen LogP contribution in [0.25, 0.3) is 10.9 Å². The normalized spacial score (nSPS) is 10.3. The number of fused-ring (bicyclic) bond motifs is 1. The predicted octanol–water partition coefficient (Wildman–Crippen LogP) is 1.07. The summed E-state index contributed by atoms with van der Waals surface area (Å²) < 4.78 is 0. The van der Waals surface area contributed by atoms with Crippen molar-refractivity contribution in [2.75, 3.05) is 0 Å². The molecule has 0 unspecified atom stereocenters. The van der Waals surface area contributed by atoms with E-state index in [0.29, 0.717) is 22.8 Å². The molecule has 2 aromatic heterocycles. The van der Waals surface area contributed by atoms with Gasteiger partial charge in [-0.25, -0.2) is 9.78 Å². The Morgan fingerprint density at radius 1 is 1.57 bits per heavy atom. The summed E-state index contributed by atoms with van der Waals surface area (Å²) in [5.41, 5.74) is 0.739. The number of H-pyrrole nitrogens is 1. The van der Waals surface area contributed by atoms with E-state index in [4.69, 9.17) is 5.11 Å². The molecule has 2 N–H and O–H groups in total. The molecule has 0 bridgehead atoms. The lowest BCUT2D eigenvalue weighted by molar-refractivity contribution is 0.0692. The first-order chi connectivity index (χ1) is 6.74. The molecule has 0 spiro atoms. The first kappa shape index (κ1) is 8.43. The third-order valence-corrected chi connectivity index (χ3v) is 1.96. The van der Waals surface area contributed by atoms with Gasteiger partial charge < -0.3 is 10.1 Å². The summed E-state index contributed by atoms with van der Waals surface area (Å²) in [6.45, 7) is 0. The first-order valence-corrected chi connectivity index (χ1v) is 3.88. The summed E-state index contributed by atoms with van der Waals surface area (Å²) in [4.78, 5) is 27.7. The number of aromatic amines is 1. The Balaban J connectivity index is 2.82. The van der Waals surface area contributed by atoms with E-state index in [1.165, 1.54) is 12.4 Å². The summed E-state index contributed by atoms with van der Waals surface area (Å²) in [6.07, 6.45) is 3.50. The number of carbonyl (C=O) groups excluding carboxylic acids is 1. The van der Waals surface area contributed by atoms with E-state index < -0.39 is 5.97 Å². The van der Waals surface area contributed by atoms with Crippen molar-refractivity contribution in [2.45, 2.75) is 0 Å². The molecule has 2 rings (SSSR count). The largest absolute Gasteiger partial charge is 0.476 e. The Labute approximate surface area is 78.4 Å². The van der Waals surface area contributed by atoms with Crippen LogP contribution in [0.2, 0.25) is 0 Å². The van der Waals surface area contributed by atoms with Crippen LogP contribution in [-0.2, 0) is 0 Å². The lowest BCUT2D eigenvalue weighted by atomic mass is 10.2. The quantitative estimate of drug-likeness (QED) is 0.694. The van der Waals surface area contributed by atoms with E-state index in [9.17, 15) is 9.59 Å². The standard InChI is InChI=1S/C9H6N2O3/c12-4-5-3-11-7-6(5)1-2-10-8(7)9(13)14/h1-4,11H,(H,13,14). The highest BCUT2D eigenvalue weighted by Crippen LogP contribution is 2.18. The van der Waals surface area contributed by atoms with Gasteiger partial charge in [0.1, 0.15) is 0 Å². The van der Waals surface area contributed by atoms with Crippen LogP contribution in [0.1, 0.15) is 20.8 Å². The summed E-state index contributed by atoms with van der Waals surface area (Å²) in [7, 11) is 0. The van der Waals surface area contributed by atoms with Crippen LogP contribution >= 0.6 is 0 Å². The van der Waals surface area contributed by atoms with E-state index in [1.54, 1.807) is 6.07 Å². The van der Waals surface area contributed by atoms with E-state index in [2.05, 4.69) is 9.97 Å². The number of aldehydes is 1. The SMILES string of the molecule is O=Cc1c[nH]c2c(C(=O)O)nccc12. The maximum atomic E-state index is 10.7. The number of rotatable bonds is 2. The van der Waals surface area contributed by atoms with Gasteiger partial charge >= 0.3 is 5.97 Å². The average Bonchev–Trinajstić information content (AvgIpc) is 2.59. The lowest BCUT2D eigenvalue weighted by Gasteiger charge is -1.95. The molecular weight excluding hydrogens is 184 g/mol. The minimum absolute atomic E-state index is 0.0735. The van der Waals surface area contributed by atoms with Crippen molar-refractivity contribution in [3.8, 4) is 0 Å². The molecule has 0 radical (unpaired) electrons. The van der Waals surface area contributed by atoms with Gasteiger partial charge in [0.15, 0.2) is 12.0 Å². The van der Waals surface area contributed by atoms with E-state index in [0.717, 1.165) is 0 Å². The molecule has 0 atom stereocenters. The number of carbonyl (C=O) groups is 2. The van der Waals surface area contributed by atoms with Crippen LogP contribution in [0.5, 0.6) is 0 Å². The fourth-order valence-electron chi connectivity index (χ4n) is 1.34. The van der Waals surface area contributed by atoms with Crippen LogP contribution in [0, 0.1) is 0 Å². The van der Waals surface area contributed by atoms with Gasteiger partial charge in [-0.05, 0) is 6.07 Å². The van der Waals surface area contributed by atoms with Gasteiger partial charge in [0.2, 0.25) is 0 Å². The number of hydrogen-bond donors (Lipinski definition) is 2. The van der Waals surface area contributed by atoms with Crippen LogP contribution in [0.4, 0.5) is 0 Å². The minimum atomic E-state index is -1.12. The molecule has 0 aliphatic carbocycles. The number of pyridine rings is 1. The number of carboxylic acid groups (broad SMARTS) is 1. The highest BCUT2D eigenvalue weighted by molar-refractivity contribution is 6.05. The lowest BCUT2D eigenvalue weighted by Crippen LogP contribution is -2.00. The molecular formula is C9H6N2O3. The zero-order chi connectivity index (χ0) is 10.1. The maximum absolute atomic E-state index is 10.7. The van der Waals surface area contributed by atoms with Gasteiger partial charge in [-0.1, -0.05) is 0 Å². The maximum Gasteiger partial charge on any atom is 0.356 e. The van der Waals surface area contributed by atoms with Crippen molar-refractivity contribution in [2.24, 2.45) is 0 Å². The number of aromatic nitrogens is 2. The third-order valence-electron chi connectivity index (χ3n) is 1.96. The molecule has 2 aromatic rings. The summed E-state index contributed by atoms with van der Waals surface area (Å²) in [5, 5.41) is 9.37. The van der Waals surface area contributed by atoms with E-state index >= 15 is 0 Å². The Bertz CT molecular complexity index is 516. The van der Waals surface area contributed by atoms with Crippen LogP contribution < -0.4 is 0 Å². The average molecular weight is 190 g/mol. The summed E-state index contributed by atoms with van der Waals surface area (Å²) in [6, 6.07) is 1.60. The number of carboxylic acids is 1. The number of nitrogens with one attached hydrogen (secondary N) is 1. The Hall–Kier alpha value is -2.17. The second kappa shape index (κ2) is 2.95. The predicted molar refractivity (Wildman–Crippen MR) is 48.4 cm³/mol. The smallest absolute Gasteiger partial charge is 0.356 e. The fourth-order valence-corrected chi connectivity index (χ4v) is 1.34. The van der Waals surface area contributed by atoms with Crippen molar-refractivity contribution >= 4 is 23.2 Å². The van der Waals surface area contributed by atoms with Gasteiger partial charge in [-0.3, -0.25) is 4.79 Å². The molecule has 0 saturated carbocycles. The zero-order valence-electron chi connectivity index (χ0n) is 7.02. The third kappa shape index (κ3) is 1.06. The number of aromatic carboxylic acids is 1. The Kier molecular flexibility index (Phi) is 1.78. The van der Waals surface area contributed by atoms with Crippen molar-refractivity contribution in [1.29, 1.82) is 0 Å². The topological polar surface area (TPSA) is 83.0 Å². The fraction of sp³-hybridized carbons (Fsp3) is 0. The summed E-state index contributed by atoms with van der Waals surface area (Å²) >= 11 is 0. The molecule has 0 aliphatic rings. The Morgan fingerprint density at radius 3 is 3.00 bits per heavy atom. The second-order valence-corrected chi connectivity index (χ2v) is 2.75. The molecule has 0 aromatic carbocycles. The van der Waals surface area contributed by atoms with Crippen molar-refractivity contribution in [3.63, 3.8) is 0 Å². The van der Waals surface area contributed by atoms with Crippen molar-refractivity contribution in [1.82, 2.24) is 9.97 Å². The second-order valence-electron chi connectivity index (χ2n) is 2.75. The van der Waals surface area contributed by atoms with Gasteiger partial charge in [0, 0.05) is 23.3 Å². The molecule has 0 amide bonds. The van der Waals surface area contributed by atoms with Crippen LogP contribution in [-0.4, -0.2) is 27.3 Å². The van der Waals surface area contributed by atoms with Gasteiger partial charge in [0.25, 0.3) is 0 Å². The van der Waals surface area contributed by atoms with E-state index in [1.807, 2.05) is 0 Å². The molecule has 0 fully saturated rings. The monoisotopic (exact) mass is 190 g/mol. The first-order valence-electron chi connectivity index (χ1n) is 3.88. The molecule has 5 heteroatoms.